The summed E-state index contributed by atoms with van der Waals surface area (Å²) in [5, 5.41) is 3.32. The zero-order valence-corrected chi connectivity index (χ0v) is 18.0. The number of aromatic nitrogens is 3. The van der Waals surface area contributed by atoms with Crippen molar-refractivity contribution in [3.05, 3.63) is 58.9 Å². The molecule has 4 rings (SSSR count). The number of nitrogens with zero attached hydrogens (tertiary/aromatic N) is 4. The van der Waals surface area contributed by atoms with Gasteiger partial charge in [0.05, 0.1) is 13.8 Å². The molecular weight excluding hydrogens is 398 g/mol. The van der Waals surface area contributed by atoms with Crippen LogP contribution in [0.3, 0.4) is 0 Å². The summed E-state index contributed by atoms with van der Waals surface area (Å²) in [5.74, 6) is 1.66. The van der Waals surface area contributed by atoms with E-state index in [4.69, 9.17) is 17.0 Å². The highest BCUT2D eigenvalue weighted by Gasteiger charge is 2.18. The lowest BCUT2D eigenvalue weighted by Crippen LogP contribution is -2.47. The van der Waals surface area contributed by atoms with E-state index in [-0.39, 0.29) is 5.78 Å². The Morgan fingerprint density at radius 2 is 1.73 bits per heavy atom. The summed E-state index contributed by atoms with van der Waals surface area (Å²) in [7, 11) is 1.65. The molecule has 3 aromatic rings. The highest BCUT2D eigenvalue weighted by molar-refractivity contribution is 7.71. The third-order valence-electron chi connectivity index (χ3n) is 5.40. The number of aromatic amines is 1. The van der Waals surface area contributed by atoms with Crippen LogP contribution in [0.1, 0.15) is 17.3 Å². The molecule has 1 saturated heterocycles. The third kappa shape index (κ3) is 4.44. The number of ketones is 1. The highest BCUT2D eigenvalue weighted by atomic mass is 32.1. The zero-order chi connectivity index (χ0) is 21.1. The van der Waals surface area contributed by atoms with Gasteiger partial charge in [-0.25, -0.2) is 4.68 Å². The average Bonchev–Trinajstić information content (AvgIpc) is 3.14. The predicted molar refractivity (Wildman–Crippen MR) is 120 cm³/mol. The van der Waals surface area contributed by atoms with Crippen LogP contribution in [-0.2, 0) is 6.67 Å². The molecule has 1 N–H and O–H groups in total. The van der Waals surface area contributed by atoms with Crippen LogP contribution < -0.4 is 9.64 Å². The van der Waals surface area contributed by atoms with Crippen molar-refractivity contribution >= 4 is 23.7 Å². The molecule has 0 atom stereocenters. The van der Waals surface area contributed by atoms with E-state index >= 15 is 0 Å². The third-order valence-corrected chi connectivity index (χ3v) is 5.71. The summed E-state index contributed by atoms with van der Waals surface area (Å²) in [6, 6.07) is 15.6. The van der Waals surface area contributed by atoms with Crippen LogP contribution in [0.15, 0.2) is 48.5 Å². The number of Topliss-reactive ketones (excluding diaryl/α,β-unsaturated/α-hetero) is 1. The Balaban J connectivity index is 1.37. The van der Waals surface area contributed by atoms with Gasteiger partial charge in [0.2, 0.25) is 4.77 Å². The number of anilines is 1. The minimum absolute atomic E-state index is 0.0941. The Labute approximate surface area is 180 Å². The molecule has 156 valence electrons. The van der Waals surface area contributed by atoms with Gasteiger partial charge in [-0.15, -0.1) is 0 Å². The van der Waals surface area contributed by atoms with E-state index in [2.05, 4.69) is 19.9 Å². The largest absolute Gasteiger partial charge is 0.497 e. The normalized spacial score (nSPS) is 14.7. The molecule has 0 spiro atoms. The van der Waals surface area contributed by atoms with Crippen molar-refractivity contribution in [1.82, 2.24) is 19.7 Å². The Morgan fingerprint density at radius 1 is 1.07 bits per heavy atom. The molecule has 0 radical (unpaired) electrons. The van der Waals surface area contributed by atoms with Gasteiger partial charge in [-0.05, 0) is 67.7 Å². The summed E-state index contributed by atoms with van der Waals surface area (Å²) in [5.41, 5.74) is 2.87. The number of nitrogens with one attached hydrogen (secondary N) is 1. The van der Waals surface area contributed by atoms with E-state index in [0.29, 0.717) is 11.4 Å². The molecule has 1 aliphatic heterocycles. The molecule has 8 heteroatoms. The fraction of sp³-hybridized carbons (Fsp3) is 0.318. The number of benzene rings is 2. The molecule has 0 unspecified atom stereocenters. The van der Waals surface area contributed by atoms with Gasteiger partial charge in [-0.1, -0.05) is 0 Å². The summed E-state index contributed by atoms with van der Waals surface area (Å²) < 4.78 is 7.66. The lowest BCUT2D eigenvalue weighted by molar-refractivity contribution is 0.101. The van der Waals surface area contributed by atoms with Crippen molar-refractivity contribution in [2.45, 2.75) is 13.6 Å². The summed E-state index contributed by atoms with van der Waals surface area (Å²) in [4.78, 5) is 20.7. The monoisotopic (exact) mass is 423 g/mol. The number of H-pyrrole nitrogens is 1. The second-order valence-electron chi connectivity index (χ2n) is 7.36. The number of ether oxygens (including phenoxy) is 1. The van der Waals surface area contributed by atoms with E-state index < -0.39 is 0 Å². The fourth-order valence-corrected chi connectivity index (χ4v) is 3.78. The van der Waals surface area contributed by atoms with Crippen LogP contribution in [0.4, 0.5) is 5.69 Å². The molecule has 0 saturated carbocycles. The van der Waals surface area contributed by atoms with Crippen molar-refractivity contribution in [2.75, 3.05) is 38.2 Å². The number of rotatable bonds is 6. The quantitative estimate of drug-likeness (QED) is 0.483. The molecule has 2 aromatic carbocycles. The van der Waals surface area contributed by atoms with Crippen LogP contribution >= 0.6 is 12.2 Å². The van der Waals surface area contributed by atoms with Crippen LogP contribution in [0, 0.1) is 4.77 Å². The minimum atomic E-state index is 0.0941. The average molecular weight is 424 g/mol. The van der Waals surface area contributed by atoms with Gasteiger partial charge in [0.1, 0.15) is 5.75 Å². The van der Waals surface area contributed by atoms with Crippen molar-refractivity contribution in [1.29, 1.82) is 0 Å². The van der Waals surface area contributed by atoms with E-state index in [0.717, 1.165) is 54.6 Å². The number of carbonyl (C=O) groups is 1. The molecular formula is C22H25N5O2S. The molecule has 1 aromatic heterocycles. The van der Waals surface area contributed by atoms with Gasteiger partial charge < -0.3 is 9.64 Å². The molecule has 0 bridgehead atoms. The first kappa shape index (κ1) is 20.3. The standard InChI is InChI=1S/C22H25N5O2S/c1-16(28)17-3-7-19(8-4-17)26-13-11-25(12-14-26)15-27-22(30)23-21(24-27)18-5-9-20(29-2)10-6-18/h3-10H,11-15H2,1-2H3,(H,23,24,30). The van der Waals surface area contributed by atoms with E-state index in [9.17, 15) is 4.79 Å². The Bertz CT molecular complexity index is 1060. The summed E-state index contributed by atoms with van der Waals surface area (Å²) >= 11 is 5.45. The first-order chi connectivity index (χ1) is 14.5. The second-order valence-corrected chi connectivity index (χ2v) is 7.73. The topological polar surface area (TPSA) is 66.4 Å². The van der Waals surface area contributed by atoms with Crippen LogP contribution in [0.25, 0.3) is 11.4 Å². The molecule has 2 heterocycles. The van der Waals surface area contributed by atoms with Gasteiger partial charge in [0, 0.05) is 43.0 Å². The maximum atomic E-state index is 11.5. The zero-order valence-electron chi connectivity index (χ0n) is 17.2. The maximum absolute atomic E-state index is 11.5. The van der Waals surface area contributed by atoms with Crippen molar-refractivity contribution in [2.24, 2.45) is 0 Å². The van der Waals surface area contributed by atoms with Crippen molar-refractivity contribution in [3.63, 3.8) is 0 Å². The SMILES string of the molecule is COc1ccc(-c2nc(=S)n(CN3CCN(c4ccc(C(C)=O)cc4)CC3)[nH]2)cc1. The van der Waals surface area contributed by atoms with Gasteiger partial charge in [-0.3, -0.25) is 14.8 Å². The van der Waals surface area contributed by atoms with Crippen molar-refractivity contribution < 1.29 is 9.53 Å². The molecule has 30 heavy (non-hydrogen) atoms. The molecule has 0 amide bonds. The number of hydrogen-bond donors (Lipinski definition) is 1. The number of hydrogen-bond acceptors (Lipinski definition) is 6. The van der Waals surface area contributed by atoms with Crippen LogP contribution in [0.5, 0.6) is 5.75 Å². The first-order valence-electron chi connectivity index (χ1n) is 9.93. The minimum Gasteiger partial charge on any atom is -0.497 e. The lowest BCUT2D eigenvalue weighted by atomic mass is 10.1. The fourth-order valence-electron chi connectivity index (χ4n) is 3.58. The summed E-state index contributed by atoms with van der Waals surface area (Å²) in [6.45, 7) is 5.96. The number of piperazine rings is 1. The highest BCUT2D eigenvalue weighted by Crippen LogP contribution is 2.20. The number of methoxy groups -OCH3 is 1. The van der Waals surface area contributed by atoms with Gasteiger partial charge in [0.25, 0.3) is 0 Å². The first-order valence-corrected chi connectivity index (χ1v) is 10.3. The predicted octanol–water partition coefficient (Wildman–Crippen LogP) is 3.60. The molecule has 7 nitrogen and oxygen atoms in total. The molecule has 0 aliphatic carbocycles. The second kappa shape index (κ2) is 8.81. The van der Waals surface area contributed by atoms with Gasteiger partial charge in [0.15, 0.2) is 11.6 Å². The smallest absolute Gasteiger partial charge is 0.217 e. The van der Waals surface area contributed by atoms with Crippen molar-refractivity contribution in [3.8, 4) is 17.1 Å². The lowest BCUT2D eigenvalue weighted by Gasteiger charge is -2.36. The molecule has 1 fully saturated rings. The van der Waals surface area contributed by atoms with E-state index in [1.54, 1.807) is 14.0 Å². The Morgan fingerprint density at radius 3 is 2.33 bits per heavy atom. The van der Waals surface area contributed by atoms with Gasteiger partial charge in [-0.2, -0.15) is 4.98 Å². The summed E-state index contributed by atoms with van der Waals surface area (Å²) in [6.07, 6.45) is 0. The molecule has 1 aliphatic rings. The van der Waals surface area contributed by atoms with Gasteiger partial charge >= 0.3 is 0 Å². The Hall–Kier alpha value is -2.97. The van der Waals surface area contributed by atoms with Crippen LogP contribution in [-0.4, -0.2) is 58.7 Å². The van der Waals surface area contributed by atoms with Crippen LogP contribution in [0.2, 0.25) is 0 Å². The Kier molecular flexibility index (Phi) is 5.96. The maximum Gasteiger partial charge on any atom is 0.217 e. The number of carbonyl (C=O) groups excluding carboxylic acids is 1. The van der Waals surface area contributed by atoms with E-state index in [1.807, 2.05) is 53.2 Å². The van der Waals surface area contributed by atoms with E-state index in [1.165, 1.54) is 0 Å².